The van der Waals surface area contributed by atoms with E-state index in [-0.39, 0.29) is 0 Å². The Hall–Kier alpha value is -1.34. The number of benzene rings is 2. The Kier molecular flexibility index (Phi) is 4.73. The molecular formula is C14H11BrF3NOS. The summed E-state index contributed by atoms with van der Waals surface area (Å²) in [7, 11) is 0. The molecule has 2 aromatic carbocycles. The zero-order valence-corrected chi connectivity index (χ0v) is 13.1. The first-order valence-electron chi connectivity index (χ1n) is 5.95. The van der Waals surface area contributed by atoms with Crippen LogP contribution < -0.4 is 10.5 Å². The van der Waals surface area contributed by atoms with Gasteiger partial charge in [0.05, 0.1) is 4.99 Å². The average Bonchev–Trinajstić information content (AvgIpc) is 2.37. The third-order valence-electron chi connectivity index (χ3n) is 2.93. The fraction of sp³-hybridized carbons (Fsp3) is 0.214. The van der Waals surface area contributed by atoms with E-state index in [1.807, 2.05) is 18.2 Å². The molecule has 1 atom stereocenters. The van der Waals surface area contributed by atoms with Crippen LogP contribution in [0.5, 0.6) is 5.75 Å². The van der Waals surface area contributed by atoms with Gasteiger partial charge in [-0.2, -0.15) is 13.2 Å². The Morgan fingerprint density at radius 3 is 2.43 bits per heavy atom. The minimum atomic E-state index is -4.51. The summed E-state index contributed by atoms with van der Waals surface area (Å²) in [5, 5.41) is 1.83. The lowest BCUT2D eigenvalue weighted by Gasteiger charge is -2.19. The first kappa shape index (κ1) is 16.0. The summed E-state index contributed by atoms with van der Waals surface area (Å²) in [5.41, 5.74) is 5.12. The first-order chi connectivity index (χ1) is 9.77. The second-order valence-corrected chi connectivity index (χ2v) is 5.85. The number of alkyl halides is 3. The van der Waals surface area contributed by atoms with Gasteiger partial charge in [-0.1, -0.05) is 40.3 Å². The van der Waals surface area contributed by atoms with Gasteiger partial charge in [-0.3, -0.25) is 0 Å². The lowest BCUT2D eigenvalue weighted by atomic mass is 10.1. The van der Waals surface area contributed by atoms with Crippen molar-refractivity contribution in [3.05, 3.63) is 40.9 Å². The molecule has 0 fully saturated rings. The van der Waals surface area contributed by atoms with E-state index >= 15 is 0 Å². The molecule has 1 unspecified atom stereocenters. The number of halogens is 4. The van der Waals surface area contributed by atoms with Crippen molar-refractivity contribution >= 4 is 43.9 Å². The normalized spacial score (nSPS) is 13.1. The second-order valence-electron chi connectivity index (χ2n) is 4.46. The summed E-state index contributed by atoms with van der Waals surface area (Å²) in [6.07, 6.45) is -4.51. The van der Waals surface area contributed by atoms with Crippen molar-refractivity contribution in [3.63, 3.8) is 0 Å². The largest absolute Gasteiger partial charge is 0.492 e. The van der Waals surface area contributed by atoms with E-state index in [2.05, 4.69) is 28.1 Å². The zero-order chi connectivity index (χ0) is 15.6. The van der Waals surface area contributed by atoms with Crippen molar-refractivity contribution < 1.29 is 17.9 Å². The van der Waals surface area contributed by atoms with Crippen LogP contribution >= 0.6 is 28.1 Å². The molecule has 2 aromatic rings. The van der Waals surface area contributed by atoms with Crippen molar-refractivity contribution in [1.82, 2.24) is 0 Å². The molecule has 2 N–H and O–H groups in total. The fourth-order valence-corrected chi connectivity index (χ4v) is 2.38. The molecule has 7 heteroatoms. The van der Waals surface area contributed by atoms with E-state index in [1.54, 1.807) is 18.2 Å². The number of hydrogen-bond acceptors (Lipinski definition) is 2. The van der Waals surface area contributed by atoms with Crippen molar-refractivity contribution in [1.29, 1.82) is 0 Å². The van der Waals surface area contributed by atoms with Crippen LogP contribution in [0.2, 0.25) is 0 Å². The molecule has 0 aromatic heterocycles. The molecule has 0 amide bonds. The zero-order valence-electron chi connectivity index (χ0n) is 10.7. The molecule has 21 heavy (non-hydrogen) atoms. The lowest BCUT2D eigenvalue weighted by molar-refractivity contribution is -0.161. The molecule has 0 aliphatic heterocycles. The van der Waals surface area contributed by atoms with Crippen LogP contribution in [-0.4, -0.2) is 17.8 Å². The predicted molar refractivity (Wildman–Crippen MR) is 83.5 cm³/mol. The van der Waals surface area contributed by atoms with Gasteiger partial charge in [0, 0.05) is 4.47 Å². The molecule has 0 spiro atoms. The van der Waals surface area contributed by atoms with Gasteiger partial charge in [0.15, 0.2) is 0 Å². The molecule has 0 radical (unpaired) electrons. The lowest BCUT2D eigenvalue weighted by Crippen LogP contribution is -2.38. The summed E-state index contributed by atoms with van der Waals surface area (Å²) in [6.45, 7) is -0.624. The van der Waals surface area contributed by atoms with Gasteiger partial charge in [0.25, 0.3) is 0 Å². The highest BCUT2D eigenvalue weighted by atomic mass is 79.9. The van der Waals surface area contributed by atoms with Crippen LogP contribution in [0, 0.1) is 5.92 Å². The van der Waals surface area contributed by atoms with E-state index in [9.17, 15) is 13.2 Å². The van der Waals surface area contributed by atoms with Gasteiger partial charge in [-0.05, 0) is 35.0 Å². The average molecular weight is 378 g/mol. The molecule has 0 heterocycles. The summed E-state index contributed by atoms with van der Waals surface area (Å²) < 4.78 is 44.3. The third-order valence-corrected chi connectivity index (χ3v) is 3.71. The summed E-state index contributed by atoms with van der Waals surface area (Å²) in [6, 6.07) is 10.7. The van der Waals surface area contributed by atoms with Gasteiger partial charge >= 0.3 is 6.18 Å². The van der Waals surface area contributed by atoms with Crippen molar-refractivity contribution in [2.45, 2.75) is 6.18 Å². The smallest absolute Gasteiger partial charge is 0.401 e. The molecule has 0 saturated carbocycles. The van der Waals surface area contributed by atoms with Crippen LogP contribution in [0.4, 0.5) is 13.2 Å². The van der Waals surface area contributed by atoms with Crippen LogP contribution in [0.15, 0.2) is 40.9 Å². The Labute approximate surface area is 133 Å². The van der Waals surface area contributed by atoms with E-state index < -0.39 is 23.7 Å². The molecule has 2 rings (SSSR count). The Morgan fingerprint density at radius 2 is 1.81 bits per heavy atom. The van der Waals surface area contributed by atoms with Gasteiger partial charge in [-0.25, -0.2) is 0 Å². The second kappa shape index (κ2) is 6.19. The van der Waals surface area contributed by atoms with Crippen LogP contribution in [0.25, 0.3) is 10.8 Å². The van der Waals surface area contributed by atoms with Crippen LogP contribution in [0.3, 0.4) is 0 Å². The quantitative estimate of drug-likeness (QED) is 0.799. The Balaban J connectivity index is 2.16. The maximum atomic E-state index is 12.7. The van der Waals surface area contributed by atoms with Gasteiger partial charge in [-0.15, -0.1) is 0 Å². The summed E-state index contributed by atoms with van der Waals surface area (Å²) in [4.78, 5) is -0.618. The van der Waals surface area contributed by atoms with E-state index in [0.29, 0.717) is 5.75 Å². The van der Waals surface area contributed by atoms with Crippen LogP contribution in [-0.2, 0) is 0 Å². The Bertz CT molecular complexity index is 675. The highest BCUT2D eigenvalue weighted by molar-refractivity contribution is 9.10. The number of hydrogen-bond donors (Lipinski definition) is 1. The minimum absolute atomic E-state index is 0.343. The maximum Gasteiger partial charge on any atom is 0.401 e. The Morgan fingerprint density at radius 1 is 1.19 bits per heavy atom. The summed E-state index contributed by atoms with van der Waals surface area (Å²) >= 11 is 7.80. The maximum absolute atomic E-state index is 12.7. The first-order valence-corrected chi connectivity index (χ1v) is 7.15. The number of ether oxygens (including phenoxy) is 1. The topological polar surface area (TPSA) is 35.2 Å². The standard InChI is InChI=1S/C14H11BrF3NOS/c15-10-3-1-9-6-11(4-2-8(9)5-10)20-7-12(13(19)21)14(16,17)18/h1-6,12H,7H2,(H2,19,21). The number of fused-ring (bicyclic) bond motifs is 1. The number of nitrogens with two attached hydrogens (primary N) is 1. The number of thiocarbonyl (C=S) groups is 1. The molecular weight excluding hydrogens is 367 g/mol. The molecule has 0 saturated heterocycles. The molecule has 112 valence electrons. The minimum Gasteiger partial charge on any atom is -0.492 e. The van der Waals surface area contributed by atoms with Crippen molar-refractivity contribution in [2.75, 3.05) is 6.61 Å². The molecule has 2 nitrogen and oxygen atoms in total. The van der Waals surface area contributed by atoms with Gasteiger partial charge in [0.2, 0.25) is 0 Å². The van der Waals surface area contributed by atoms with Gasteiger partial charge < -0.3 is 10.5 Å². The van der Waals surface area contributed by atoms with Crippen LogP contribution in [0.1, 0.15) is 0 Å². The summed E-state index contributed by atoms with van der Waals surface area (Å²) in [5.74, 6) is -1.61. The van der Waals surface area contributed by atoms with Crippen molar-refractivity contribution in [3.8, 4) is 5.75 Å². The molecule has 0 bridgehead atoms. The highest BCUT2D eigenvalue weighted by Crippen LogP contribution is 2.29. The van der Waals surface area contributed by atoms with E-state index in [1.165, 1.54) is 0 Å². The predicted octanol–water partition coefficient (Wildman–Crippen LogP) is 4.45. The highest BCUT2D eigenvalue weighted by Gasteiger charge is 2.42. The monoisotopic (exact) mass is 377 g/mol. The SMILES string of the molecule is NC(=S)C(COc1ccc2cc(Br)ccc2c1)C(F)(F)F. The van der Waals surface area contributed by atoms with E-state index in [4.69, 9.17) is 10.5 Å². The third kappa shape index (κ3) is 4.07. The van der Waals surface area contributed by atoms with Crippen molar-refractivity contribution in [2.24, 2.45) is 11.7 Å². The fourth-order valence-electron chi connectivity index (χ4n) is 1.80. The molecule has 0 aliphatic rings. The molecule has 0 aliphatic carbocycles. The van der Waals surface area contributed by atoms with E-state index in [0.717, 1.165) is 15.2 Å². The van der Waals surface area contributed by atoms with Gasteiger partial charge in [0.1, 0.15) is 18.3 Å². The number of rotatable bonds is 4.